The number of carbonyl (C=O) groups excluding carboxylic acids is 2. The number of fused-ring (bicyclic) bond motifs is 1. The highest BCUT2D eigenvalue weighted by atomic mass is 32.2. The lowest BCUT2D eigenvalue weighted by molar-refractivity contribution is -0.137. The van der Waals surface area contributed by atoms with Crippen LogP contribution in [0.2, 0.25) is 0 Å². The van der Waals surface area contributed by atoms with Gasteiger partial charge in [0.15, 0.2) is 0 Å². The van der Waals surface area contributed by atoms with Crippen LogP contribution >= 0.6 is 11.8 Å². The second-order valence-electron chi connectivity index (χ2n) is 5.54. The van der Waals surface area contributed by atoms with Crippen molar-refractivity contribution in [2.75, 3.05) is 32.0 Å². The smallest absolute Gasteiger partial charge is 0.315 e. The summed E-state index contributed by atoms with van der Waals surface area (Å²) in [5.74, 6) is 0.697. The third-order valence-corrected chi connectivity index (χ3v) is 5.29. The third kappa shape index (κ3) is 3.22. The van der Waals surface area contributed by atoms with Gasteiger partial charge in [0.1, 0.15) is 16.9 Å². The predicted octanol–water partition coefficient (Wildman–Crippen LogP) is 3.27. The van der Waals surface area contributed by atoms with Crippen LogP contribution in [-0.2, 0) is 9.53 Å². The molecule has 2 aromatic rings. The first-order valence-electron chi connectivity index (χ1n) is 7.93. The van der Waals surface area contributed by atoms with Gasteiger partial charge in [-0.3, -0.25) is 14.5 Å². The summed E-state index contributed by atoms with van der Waals surface area (Å²) < 4.78 is 15.5. The van der Waals surface area contributed by atoms with E-state index in [9.17, 15) is 9.59 Å². The van der Waals surface area contributed by atoms with Crippen LogP contribution in [0.3, 0.4) is 0 Å². The molecule has 0 saturated carbocycles. The van der Waals surface area contributed by atoms with Crippen molar-refractivity contribution in [1.29, 1.82) is 0 Å². The first-order valence-corrected chi connectivity index (χ1v) is 8.98. The number of thioether (sulfide) groups is 1. The van der Waals surface area contributed by atoms with E-state index in [2.05, 4.69) is 0 Å². The molecule has 0 N–H and O–H groups in total. The topological polar surface area (TPSA) is 65.1 Å². The Hall–Kier alpha value is -2.67. The fourth-order valence-electron chi connectivity index (χ4n) is 2.89. The molecule has 0 saturated heterocycles. The number of amides is 1. The molecular weight excluding hydrogens is 354 g/mol. The highest BCUT2D eigenvalue weighted by molar-refractivity contribution is 8.00. The van der Waals surface area contributed by atoms with Crippen molar-refractivity contribution in [1.82, 2.24) is 0 Å². The summed E-state index contributed by atoms with van der Waals surface area (Å²) in [5.41, 5.74) is 1.99. The van der Waals surface area contributed by atoms with Crippen LogP contribution in [0.25, 0.3) is 0 Å². The van der Waals surface area contributed by atoms with E-state index in [1.54, 1.807) is 31.3 Å². The minimum Gasteiger partial charge on any atom is -0.497 e. The average molecular weight is 373 g/mol. The van der Waals surface area contributed by atoms with Crippen LogP contribution in [0.4, 0.5) is 5.69 Å². The Morgan fingerprint density at radius 3 is 2.46 bits per heavy atom. The van der Waals surface area contributed by atoms with E-state index >= 15 is 0 Å². The van der Waals surface area contributed by atoms with E-state index in [4.69, 9.17) is 14.2 Å². The molecule has 1 aliphatic heterocycles. The molecule has 0 fully saturated rings. The molecule has 2 aromatic carbocycles. The molecule has 7 heteroatoms. The van der Waals surface area contributed by atoms with E-state index < -0.39 is 5.37 Å². The van der Waals surface area contributed by atoms with Gasteiger partial charge in [-0.2, -0.15) is 0 Å². The van der Waals surface area contributed by atoms with Crippen LogP contribution in [0.15, 0.2) is 42.5 Å². The van der Waals surface area contributed by atoms with Crippen LogP contribution in [0.5, 0.6) is 11.5 Å². The first kappa shape index (κ1) is 18.1. The normalized spacial score (nSPS) is 15.6. The molecule has 1 atom stereocenters. The molecule has 0 aromatic heterocycles. The van der Waals surface area contributed by atoms with Crippen molar-refractivity contribution in [2.45, 2.75) is 5.37 Å². The molecule has 0 radical (unpaired) electrons. The Labute approximate surface area is 156 Å². The van der Waals surface area contributed by atoms with Crippen molar-refractivity contribution in [2.24, 2.45) is 0 Å². The summed E-state index contributed by atoms with van der Waals surface area (Å²) in [6, 6.07) is 12.8. The summed E-state index contributed by atoms with van der Waals surface area (Å²) in [6.45, 7) is 0. The molecular formula is C19H19NO5S. The minimum atomic E-state index is -0.403. The van der Waals surface area contributed by atoms with Crippen molar-refractivity contribution < 1.29 is 23.8 Å². The molecule has 136 valence electrons. The molecule has 26 heavy (non-hydrogen) atoms. The zero-order valence-electron chi connectivity index (χ0n) is 14.7. The summed E-state index contributed by atoms with van der Waals surface area (Å²) in [5, 5.41) is -0.403. The Kier molecular flexibility index (Phi) is 5.37. The molecule has 1 unspecified atom stereocenters. The van der Waals surface area contributed by atoms with Gasteiger partial charge in [-0.05, 0) is 18.2 Å². The lowest BCUT2D eigenvalue weighted by Crippen LogP contribution is -2.26. The molecule has 1 aliphatic rings. The van der Waals surface area contributed by atoms with Crippen LogP contribution in [0.1, 0.15) is 21.3 Å². The highest BCUT2D eigenvalue weighted by Crippen LogP contribution is 2.49. The number of hydrogen-bond acceptors (Lipinski definition) is 6. The average Bonchev–Trinajstić information content (AvgIpc) is 2.97. The van der Waals surface area contributed by atoms with Crippen molar-refractivity contribution in [3.63, 3.8) is 0 Å². The van der Waals surface area contributed by atoms with Crippen molar-refractivity contribution >= 4 is 29.3 Å². The molecule has 0 bridgehead atoms. The molecule has 0 spiro atoms. The van der Waals surface area contributed by atoms with Gasteiger partial charge in [-0.1, -0.05) is 18.2 Å². The second kappa shape index (κ2) is 7.70. The van der Waals surface area contributed by atoms with Crippen LogP contribution in [0, 0.1) is 0 Å². The first-order chi connectivity index (χ1) is 12.6. The number of ether oxygens (including phenoxy) is 3. The lowest BCUT2D eigenvalue weighted by Gasteiger charge is -2.25. The van der Waals surface area contributed by atoms with Gasteiger partial charge in [0.25, 0.3) is 5.91 Å². The number of benzene rings is 2. The maximum Gasteiger partial charge on any atom is 0.315 e. The molecule has 6 nitrogen and oxygen atoms in total. The van der Waals surface area contributed by atoms with Gasteiger partial charge in [-0.15, -0.1) is 11.8 Å². The van der Waals surface area contributed by atoms with Crippen LogP contribution < -0.4 is 14.4 Å². The zero-order chi connectivity index (χ0) is 18.7. The zero-order valence-corrected chi connectivity index (χ0v) is 15.5. The fraction of sp³-hybridized carbons (Fsp3) is 0.263. The standard InChI is InChI=1S/C19H19NO5S/c1-23-13-9-14-17(15(10-13)24-2)19(26-11-16(21)25-3)20(18(14)22)12-7-5-4-6-8-12/h4-10,19H,11H2,1-3H3. The monoisotopic (exact) mass is 373 g/mol. The maximum absolute atomic E-state index is 13.1. The SMILES string of the molecule is COC(=O)CSC1c2c(OC)cc(OC)cc2C(=O)N1c1ccccc1. The second-order valence-corrected chi connectivity index (χ2v) is 6.61. The molecule has 0 aliphatic carbocycles. The predicted molar refractivity (Wildman–Crippen MR) is 100 cm³/mol. The number of nitrogens with zero attached hydrogens (tertiary/aromatic N) is 1. The van der Waals surface area contributed by atoms with E-state index in [1.807, 2.05) is 30.3 Å². The Bertz CT molecular complexity index is 824. The number of para-hydroxylation sites is 1. The number of carbonyl (C=O) groups is 2. The summed E-state index contributed by atoms with van der Waals surface area (Å²) in [6.07, 6.45) is 0. The number of esters is 1. The van der Waals surface area contributed by atoms with Crippen LogP contribution in [-0.4, -0.2) is 39.0 Å². The number of methoxy groups -OCH3 is 3. The summed E-state index contributed by atoms with van der Waals surface area (Å²) in [7, 11) is 4.43. The maximum atomic E-state index is 13.1. The van der Waals surface area contributed by atoms with Gasteiger partial charge in [0.2, 0.25) is 0 Å². The van der Waals surface area contributed by atoms with E-state index in [1.165, 1.54) is 18.9 Å². The van der Waals surface area contributed by atoms with Gasteiger partial charge in [-0.25, -0.2) is 0 Å². The van der Waals surface area contributed by atoms with Gasteiger partial charge < -0.3 is 14.2 Å². The van der Waals surface area contributed by atoms with Crippen molar-refractivity contribution in [3.8, 4) is 11.5 Å². The molecule has 1 heterocycles. The Morgan fingerprint density at radius 1 is 1.12 bits per heavy atom. The van der Waals surface area contributed by atoms with Gasteiger partial charge >= 0.3 is 5.97 Å². The summed E-state index contributed by atoms with van der Waals surface area (Å²) >= 11 is 1.32. The van der Waals surface area contributed by atoms with Crippen molar-refractivity contribution in [3.05, 3.63) is 53.6 Å². The van der Waals surface area contributed by atoms with E-state index in [-0.39, 0.29) is 17.6 Å². The molecule has 1 amide bonds. The van der Waals surface area contributed by atoms with Gasteiger partial charge in [0, 0.05) is 17.3 Å². The minimum absolute atomic E-state index is 0.117. The molecule has 3 rings (SSSR count). The quantitative estimate of drug-likeness (QED) is 0.724. The highest BCUT2D eigenvalue weighted by Gasteiger charge is 2.41. The number of rotatable bonds is 6. The fourth-order valence-corrected chi connectivity index (χ4v) is 4.08. The lowest BCUT2D eigenvalue weighted by atomic mass is 10.1. The Morgan fingerprint density at radius 2 is 1.85 bits per heavy atom. The number of hydrogen-bond donors (Lipinski definition) is 0. The van der Waals surface area contributed by atoms with E-state index in [0.717, 1.165) is 11.3 Å². The summed E-state index contributed by atoms with van der Waals surface area (Å²) in [4.78, 5) is 26.5. The third-order valence-electron chi connectivity index (χ3n) is 4.12. The van der Waals surface area contributed by atoms with Gasteiger partial charge in [0.05, 0.1) is 32.6 Å². The Balaban J connectivity index is 2.10. The largest absolute Gasteiger partial charge is 0.497 e. The number of anilines is 1. The van der Waals surface area contributed by atoms with E-state index in [0.29, 0.717) is 17.1 Å².